The van der Waals surface area contributed by atoms with E-state index in [0.29, 0.717) is 11.3 Å². The molecule has 1 aromatic rings. The Balaban J connectivity index is 3.07. The number of anilines is 1. The van der Waals surface area contributed by atoms with E-state index in [-0.39, 0.29) is 10.8 Å². The number of hydrogen-bond acceptors (Lipinski definition) is 2. The van der Waals surface area contributed by atoms with Crippen molar-refractivity contribution in [3.05, 3.63) is 29.6 Å². The average Bonchev–Trinajstić information content (AvgIpc) is 2.16. The Labute approximate surface area is 88.5 Å². The predicted molar refractivity (Wildman–Crippen MR) is 61.2 cm³/mol. The third-order valence-corrected chi connectivity index (χ3v) is 2.35. The SMILES string of the molecule is CCN(C)c1ccc(C(N)=S)cc1F. The molecule has 0 amide bonds. The van der Waals surface area contributed by atoms with Gasteiger partial charge in [-0.1, -0.05) is 12.2 Å². The molecule has 2 nitrogen and oxygen atoms in total. The molecule has 0 aliphatic rings. The molecule has 0 bridgehead atoms. The molecule has 0 fully saturated rings. The second kappa shape index (κ2) is 4.37. The van der Waals surface area contributed by atoms with Crippen LogP contribution in [0.4, 0.5) is 10.1 Å². The first-order valence-electron chi connectivity index (χ1n) is 4.36. The maximum Gasteiger partial charge on any atom is 0.147 e. The smallest absolute Gasteiger partial charge is 0.147 e. The fourth-order valence-corrected chi connectivity index (χ4v) is 1.27. The molecule has 0 aliphatic heterocycles. The highest BCUT2D eigenvalue weighted by molar-refractivity contribution is 7.80. The number of rotatable bonds is 3. The Morgan fingerprint density at radius 3 is 2.64 bits per heavy atom. The molecular formula is C10H13FN2S. The van der Waals surface area contributed by atoms with Crippen LogP contribution in [0.1, 0.15) is 12.5 Å². The summed E-state index contributed by atoms with van der Waals surface area (Å²) in [6, 6.07) is 4.78. The van der Waals surface area contributed by atoms with Crippen LogP contribution < -0.4 is 10.6 Å². The Morgan fingerprint density at radius 2 is 2.21 bits per heavy atom. The van der Waals surface area contributed by atoms with E-state index < -0.39 is 0 Å². The van der Waals surface area contributed by atoms with E-state index in [1.807, 2.05) is 18.9 Å². The maximum atomic E-state index is 13.5. The standard InChI is InChI=1S/C10H13FN2S/c1-3-13(2)9-5-4-7(10(12)14)6-8(9)11/h4-6H,3H2,1-2H3,(H2,12,14). The summed E-state index contributed by atoms with van der Waals surface area (Å²) in [4.78, 5) is 2.04. The van der Waals surface area contributed by atoms with Gasteiger partial charge >= 0.3 is 0 Å². The van der Waals surface area contributed by atoms with Crippen LogP contribution in [0.5, 0.6) is 0 Å². The van der Waals surface area contributed by atoms with Gasteiger partial charge in [-0.25, -0.2) is 4.39 Å². The van der Waals surface area contributed by atoms with Crippen molar-refractivity contribution in [2.75, 3.05) is 18.5 Å². The van der Waals surface area contributed by atoms with E-state index in [9.17, 15) is 4.39 Å². The molecule has 76 valence electrons. The largest absolute Gasteiger partial charge is 0.389 e. The van der Waals surface area contributed by atoms with Crippen molar-refractivity contribution in [1.82, 2.24) is 0 Å². The van der Waals surface area contributed by atoms with Crippen LogP contribution in [0.3, 0.4) is 0 Å². The molecule has 1 aromatic carbocycles. The van der Waals surface area contributed by atoms with Gasteiger partial charge in [-0.15, -0.1) is 0 Å². The number of nitrogens with zero attached hydrogens (tertiary/aromatic N) is 1. The zero-order valence-corrected chi connectivity index (χ0v) is 9.07. The van der Waals surface area contributed by atoms with Crippen LogP contribution in [-0.2, 0) is 0 Å². The lowest BCUT2D eigenvalue weighted by molar-refractivity contribution is 0.623. The topological polar surface area (TPSA) is 29.3 Å². The predicted octanol–water partition coefficient (Wildman–Crippen LogP) is 1.92. The van der Waals surface area contributed by atoms with E-state index in [2.05, 4.69) is 0 Å². The number of hydrogen-bond donors (Lipinski definition) is 1. The van der Waals surface area contributed by atoms with E-state index >= 15 is 0 Å². The minimum absolute atomic E-state index is 0.217. The van der Waals surface area contributed by atoms with Crippen LogP contribution in [-0.4, -0.2) is 18.6 Å². The van der Waals surface area contributed by atoms with Gasteiger partial charge in [0.05, 0.1) is 5.69 Å². The number of benzene rings is 1. The maximum absolute atomic E-state index is 13.5. The van der Waals surface area contributed by atoms with E-state index in [1.165, 1.54) is 6.07 Å². The first-order valence-corrected chi connectivity index (χ1v) is 4.77. The molecular weight excluding hydrogens is 199 g/mol. The summed E-state index contributed by atoms with van der Waals surface area (Å²) in [5, 5.41) is 0. The first kappa shape index (κ1) is 10.9. The van der Waals surface area contributed by atoms with Gasteiger partial charge in [0.25, 0.3) is 0 Å². The fourth-order valence-electron chi connectivity index (χ4n) is 1.14. The summed E-state index contributed by atoms with van der Waals surface area (Å²) in [6.45, 7) is 2.71. The average molecular weight is 212 g/mol. The van der Waals surface area contributed by atoms with Gasteiger partial charge in [0.1, 0.15) is 10.8 Å². The van der Waals surface area contributed by atoms with Crippen LogP contribution in [0.25, 0.3) is 0 Å². The van der Waals surface area contributed by atoms with E-state index in [4.69, 9.17) is 18.0 Å². The summed E-state index contributed by atoms with van der Waals surface area (Å²) in [7, 11) is 1.83. The number of nitrogens with two attached hydrogens (primary N) is 1. The summed E-state index contributed by atoms with van der Waals surface area (Å²) in [5.74, 6) is -0.292. The van der Waals surface area contributed by atoms with Gasteiger partial charge in [-0.3, -0.25) is 0 Å². The first-order chi connectivity index (χ1) is 6.56. The normalized spacial score (nSPS) is 9.93. The second-order valence-corrected chi connectivity index (χ2v) is 3.48. The molecule has 0 radical (unpaired) electrons. The number of halogens is 1. The van der Waals surface area contributed by atoms with Gasteiger partial charge in [0.2, 0.25) is 0 Å². The Kier molecular flexibility index (Phi) is 3.41. The lowest BCUT2D eigenvalue weighted by Gasteiger charge is -2.17. The molecule has 0 unspecified atom stereocenters. The van der Waals surface area contributed by atoms with Gasteiger partial charge in [0, 0.05) is 19.2 Å². The minimum atomic E-state index is -0.292. The van der Waals surface area contributed by atoms with Crippen molar-refractivity contribution in [1.29, 1.82) is 0 Å². The fraction of sp³-hybridized carbons (Fsp3) is 0.300. The Hall–Kier alpha value is -1.16. The summed E-state index contributed by atoms with van der Waals surface area (Å²) in [6.07, 6.45) is 0. The zero-order chi connectivity index (χ0) is 10.7. The van der Waals surface area contributed by atoms with Crippen LogP contribution in [0.2, 0.25) is 0 Å². The highest BCUT2D eigenvalue weighted by Gasteiger charge is 2.07. The lowest BCUT2D eigenvalue weighted by Crippen LogP contribution is -2.18. The molecule has 14 heavy (non-hydrogen) atoms. The molecule has 0 aromatic heterocycles. The summed E-state index contributed by atoms with van der Waals surface area (Å²) >= 11 is 4.76. The van der Waals surface area contributed by atoms with Crippen molar-refractivity contribution in [3.8, 4) is 0 Å². The molecule has 0 aliphatic carbocycles. The van der Waals surface area contributed by atoms with Crippen molar-refractivity contribution in [2.45, 2.75) is 6.92 Å². The van der Waals surface area contributed by atoms with Crippen molar-refractivity contribution >= 4 is 22.9 Å². The molecule has 0 heterocycles. The lowest BCUT2D eigenvalue weighted by atomic mass is 10.2. The second-order valence-electron chi connectivity index (χ2n) is 3.04. The van der Waals surface area contributed by atoms with Gasteiger partial charge in [-0.2, -0.15) is 0 Å². The summed E-state index contributed by atoms with van der Waals surface area (Å²) < 4.78 is 13.5. The van der Waals surface area contributed by atoms with Crippen LogP contribution in [0.15, 0.2) is 18.2 Å². The zero-order valence-electron chi connectivity index (χ0n) is 8.25. The van der Waals surface area contributed by atoms with Crippen molar-refractivity contribution in [2.24, 2.45) is 5.73 Å². The molecule has 1 rings (SSSR count). The van der Waals surface area contributed by atoms with E-state index in [1.54, 1.807) is 12.1 Å². The van der Waals surface area contributed by atoms with Crippen LogP contribution >= 0.6 is 12.2 Å². The number of thiocarbonyl (C=S) groups is 1. The van der Waals surface area contributed by atoms with Crippen LogP contribution in [0, 0.1) is 5.82 Å². The van der Waals surface area contributed by atoms with E-state index in [0.717, 1.165) is 6.54 Å². The van der Waals surface area contributed by atoms with Gasteiger partial charge in [0.15, 0.2) is 0 Å². The van der Waals surface area contributed by atoms with Gasteiger partial charge < -0.3 is 10.6 Å². The highest BCUT2D eigenvalue weighted by atomic mass is 32.1. The molecule has 0 atom stereocenters. The molecule has 4 heteroatoms. The third kappa shape index (κ3) is 2.20. The van der Waals surface area contributed by atoms with Crippen molar-refractivity contribution in [3.63, 3.8) is 0 Å². The third-order valence-electron chi connectivity index (χ3n) is 2.12. The molecule has 0 spiro atoms. The summed E-state index contributed by atoms with van der Waals surface area (Å²) in [5.41, 5.74) is 6.52. The molecule has 0 saturated heterocycles. The van der Waals surface area contributed by atoms with Gasteiger partial charge in [-0.05, 0) is 25.1 Å². The minimum Gasteiger partial charge on any atom is -0.389 e. The highest BCUT2D eigenvalue weighted by Crippen LogP contribution is 2.18. The molecule has 2 N–H and O–H groups in total. The molecule has 0 saturated carbocycles. The quantitative estimate of drug-likeness (QED) is 0.776. The Morgan fingerprint density at radius 1 is 1.57 bits per heavy atom. The van der Waals surface area contributed by atoms with Crippen molar-refractivity contribution < 1.29 is 4.39 Å². The Bertz CT molecular complexity index is 352. The monoisotopic (exact) mass is 212 g/mol.